The molecule has 11 heteroatoms. The van der Waals surface area contributed by atoms with Gasteiger partial charge in [-0.05, 0) is 77.0 Å². The lowest BCUT2D eigenvalue weighted by atomic mass is 9.99. The lowest BCUT2D eigenvalue weighted by Crippen LogP contribution is -2.61. The molecule has 8 unspecified atom stereocenters. The van der Waals surface area contributed by atoms with Crippen molar-refractivity contribution in [2.45, 2.75) is 384 Å². The highest BCUT2D eigenvalue weighted by atomic mass is 16.7. The van der Waals surface area contributed by atoms with Crippen molar-refractivity contribution < 1.29 is 49.3 Å². The van der Waals surface area contributed by atoms with E-state index in [1.165, 1.54) is 199 Å². The molecule has 516 valence electrons. The van der Waals surface area contributed by atoms with Crippen LogP contribution in [0, 0.1) is 0 Å². The van der Waals surface area contributed by atoms with E-state index in [9.17, 15) is 35.1 Å². The zero-order valence-electron chi connectivity index (χ0n) is 57.5. The summed E-state index contributed by atoms with van der Waals surface area (Å²) in [5, 5.41) is 57.3. The molecule has 1 aliphatic heterocycles. The van der Waals surface area contributed by atoms with E-state index >= 15 is 0 Å². The van der Waals surface area contributed by atoms with Gasteiger partial charge < -0.3 is 45.1 Å². The summed E-state index contributed by atoms with van der Waals surface area (Å²) in [6.45, 7) is 5.70. The van der Waals surface area contributed by atoms with Gasteiger partial charge in [0.15, 0.2) is 12.4 Å². The monoisotopic (exact) mass is 1250 g/mol. The molecule has 0 bridgehead atoms. The van der Waals surface area contributed by atoms with Crippen molar-refractivity contribution >= 4 is 11.9 Å². The predicted molar refractivity (Wildman–Crippen MR) is 375 cm³/mol. The number of esters is 1. The van der Waals surface area contributed by atoms with E-state index in [-0.39, 0.29) is 19.4 Å². The number of nitrogens with one attached hydrogen (secondary N) is 1. The summed E-state index contributed by atoms with van der Waals surface area (Å²) in [5.41, 5.74) is 0. The fourth-order valence-electron chi connectivity index (χ4n) is 11.5. The molecule has 11 nitrogen and oxygen atoms in total. The van der Waals surface area contributed by atoms with Crippen LogP contribution in [0.4, 0.5) is 0 Å². The Hall–Kier alpha value is -3.16. The zero-order chi connectivity index (χ0) is 64.6. The van der Waals surface area contributed by atoms with Crippen LogP contribution < -0.4 is 5.32 Å². The predicted octanol–water partition coefficient (Wildman–Crippen LogP) is 19.6. The van der Waals surface area contributed by atoms with Crippen LogP contribution in [0.25, 0.3) is 0 Å². The van der Waals surface area contributed by atoms with E-state index < -0.39 is 67.4 Å². The van der Waals surface area contributed by atoms with Crippen molar-refractivity contribution in [2.24, 2.45) is 0 Å². The first-order chi connectivity index (χ1) is 43.7. The van der Waals surface area contributed by atoms with Crippen LogP contribution in [0.15, 0.2) is 85.1 Å². The minimum atomic E-state index is -1.64. The Bertz CT molecular complexity index is 1780. The first kappa shape index (κ1) is 83.9. The molecular formula is C78H139NO10. The molecule has 0 spiro atoms. The molecule has 1 fully saturated rings. The third-order valence-corrected chi connectivity index (χ3v) is 17.3. The highest BCUT2D eigenvalue weighted by molar-refractivity contribution is 5.80. The molecule has 0 aromatic rings. The van der Waals surface area contributed by atoms with Gasteiger partial charge in [-0.15, -0.1) is 0 Å². The Morgan fingerprint density at radius 3 is 1.21 bits per heavy atom. The van der Waals surface area contributed by atoms with Crippen molar-refractivity contribution in [3.8, 4) is 0 Å². The fourth-order valence-corrected chi connectivity index (χ4v) is 11.5. The first-order valence-electron chi connectivity index (χ1n) is 37.4. The van der Waals surface area contributed by atoms with E-state index in [0.29, 0.717) is 12.8 Å². The number of unbranched alkanes of at least 4 members (excludes halogenated alkanes) is 38. The van der Waals surface area contributed by atoms with Crippen molar-refractivity contribution in [3.05, 3.63) is 85.1 Å². The third-order valence-electron chi connectivity index (χ3n) is 17.3. The Morgan fingerprint density at radius 2 is 0.809 bits per heavy atom. The molecule has 0 saturated carbocycles. The minimum absolute atomic E-state index is 0.0664. The van der Waals surface area contributed by atoms with Crippen molar-refractivity contribution in [1.82, 2.24) is 5.32 Å². The largest absolute Gasteiger partial charge is 0.454 e. The molecule has 0 aromatic carbocycles. The van der Waals surface area contributed by atoms with Gasteiger partial charge >= 0.3 is 5.97 Å². The SMILES string of the molecule is CC/C=C\C/C=C\C/C=C\C/C=C\C/C=C\C/C=C\CCCCC(=O)OC1C(OCC(NC(=O)C(O)CCCCCCCCCCCCCCCCCCCCCCCCCCCC)C(O)/C=C/CCCCCCCCCCCCC)OC(CO)C(O)C1O. The van der Waals surface area contributed by atoms with E-state index in [0.717, 1.165) is 89.9 Å². The Labute approximate surface area is 546 Å². The number of aliphatic hydroxyl groups excluding tert-OH is 5. The maximum absolute atomic E-state index is 13.5. The Kier molecular flexibility index (Phi) is 61.2. The summed E-state index contributed by atoms with van der Waals surface area (Å²) >= 11 is 0. The number of amides is 1. The number of hydrogen-bond donors (Lipinski definition) is 6. The van der Waals surface area contributed by atoms with E-state index in [1.54, 1.807) is 6.08 Å². The number of rotatable bonds is 64. The van der Waals surface area contributed by atoms with Crippen molar-refractivity contribution in [3.63, 3.8) is 0 Å². The molecule has 0 aliphatic carbocycles. The highest BCUT2D eigenvalue weighted by Gasteiger charge is 2.47. The number of aliphatic hydroxyl groups is 5. The van der Waals surface area contributed by atoms with Gasteiger partial charge in [0.05, 0.1) is 25.4 Å². The quantitative estimate of drug-likeness (QED) is 0.0195. The topological polar surface area (TPSA) is 175 Å². The molecular weight excluding hydrogens is 1110 g/mol. The van der Waals surface area contributed by atoms with Gasteiger partial charge in [-0.1, -0.05) is 337 Å². The van der Waals surface area contributed by atoms with Gasteiger partial charge in [-0.25, -0.2) is 0 Å². The Morgan fingerprint density at radius 1 is 0.449 bits per heavy atom. The third kappa shape index (κ3) is 52.0. The standard InChI is InChI=1S/C78H139NO10/c1-4-7-10-13-16-19-22-25-27-29-31-33-34-35-36-37-39-40-42-44-47-50-53-56-59-62-65-71(82)77(86)79-69(70(81)64-61-58-55-52-49-46-24-21-18-15-12-9-6-3)68-87-78-76(75(85)74(84)72(67-80)88-78)89-73(83)66-63-60-57-54-51-48-45-43-41-38-32-30-28-26-23-20-17-14-11-8-5-2/h8,11,17,20,26,28,32,38,43,45,51,54,61,64,69-72,74-76,78,80-82,84-85H,4-7,9-10,12-16,18-19,21-25,27,29-31,33-37,39-42,44,46-50,52-53,55-60,62-63,65-68H2,1-3H3,(H,79,86)/b11-8-,20-17-,28-26-,38-32-,45-43-,54-51-,64-61+. The minimum Gasteiger partial charge on any atom is -0.454 e. The summed E-state index contributed by atoms with van der Waals surface area (Å²) in [4.78, 5) is 26.7. The maximum atomic E-state index is 13.5. The summed E-state index contributed by atoms with van der Waals surface area (Å²) in [5.74, 6) is -1.23. The molecule has 0 aromatic heterocycles. The van der Waals surface area contributed by atoms with Crippen LogP contribution in [-0.4, -0.2) is 99.6 Å². The first-order valence-corrected chi connectivity index (χ1v) is 37.4. The highest BCUT2D eigenvalue weighted by Crippen LogP contribution is 2.26. The van der Waals surface area contributed by atoms with Crippen LogP contribution >= 0.6 is 0 Å². The second kappa shape index (κ2) is 64.9. The van der Waals surface area contributed by atoms with Crippen molar-refractivity contribution in [1.29, 1.82) is 0 Å². The lowest BCUT2D eigenvalue weighted by Gasteiger charge is -2.41. The van der Waals surface area contributed by atoms with Crippen molar-refractivity contribution in [2.75, 3.05) is 13.2 Å². The van der Waals surface area contributed by atoms with Gasteiger partial charge in [-0.2, -0.15) is 0 Å². The van der Waals surface area contributed by atoms with Gasteiger partial charge in [0.25, 0.3) is 0 Å². The molecule has 1 heterocycles. The van der Waals surface area contributed by atoms with Crippen LogP contribution in [0.5, 0.6) is 0 Å². The molecule has 1 rings (SSSR count). The smallest absolute Gasteiger partial charge is 0.306 e. The molecule has 89 heavy (non-hydrogen) atoms. The normalized spacial score (nSPS) is 18.6. The molecule has 1 aliphatic rings. The summed E-state index contributed by atoms with van der Waals surface area (Å²) in [7, 11) is 0. The number of carbonyl (C=O) groups excluding carboxylic acids is 2. The van der Waals surface area contributed by atoms with Gasteiger partial charge in [-0.3, -0.25) is 9.59 Å². The van der Waals surface area contributed by atoms with Gasteiger partial charge in [0.2, 0.25) is 5.91 Å². The average Bonchev–Trinajstić information content (AvgIpc) is 2.24. The number of hydrogen-bond acceptors (Lipinski definition) is 10. The summed E-state index contributed by atoms with van der Waals surface area (Å²) in [6.07, 6.45) is 76.4. The molecule has 0 radical (unpaired) electrons. The van der Waals surface area contributed by atoms with Gasteiger partial charge in [0, 0.05) is 6.42 Å². The molecule has 1 saturated heterocycles. The summed E-state index contributed by atoms with van der Waals surface area (Å²) < 4.78 is 17.7. The van der Waals surface area contributed by atoms with Crippen LogP contribution in [0.3, 0.4) is 0 Å². The van der Waals surface area contributed by atoms with Gasteiger partial charge in [0.1, 0.15) is 24.4 Å². The second-order valence-electron chi connectivity index (χ2n) is 25.7. The molecule has 6 N–H and O–H groups in total. The number of ether oxygens (including phenoxy) is 3. The molecule has 1 amide bonds. The summed E-state index contributed by atoms with van der Waals surface area (Å²) in [6, 6.07) is -1.04. The molecule has 8 atom stereocenters. The average molecular weight is 1250 g/mol. The Balaban J connectivity index is 2.58. The number of carbonyl (C=O) groups is 2. The van der Waals surface area contributed by atoms with E-state index in [4.69, 9.17) is 14.2 Å². The van der Waals surface area contributed by atoms with E-state index in [1.807, 2.05) is 6.08 Å². The second-order valence-corrected chi connectivity index (χ2v) is 25.7. The maximum Gasteiger partial charge on any atom is 0.306 e. The fraction of sp³-hybridized carbons (Fsp3) is 0.795. The lowest BCUT2D eigenvalue weighted by molar-refractivity contribution is -0.305. The number of allylic oxidation sites excluding steroid dienone is 13. The van der Waals surface area contributed by atoms with E-state index in [2.05, 4.69) is 99.0 Å². The zero-order valence-corrected chi connectivity index (χ0v) is 57.5. The van der Waals surface area contributed by atoms with Crippen LogP contribution in [0.1, 0.15) is 335 Å². The van der Waals surface area contributed by atoms with Crippen LogP contribution in [0.2, 0.25) is 0 Å². The van der Waals surface area contributed by atoms with Crippen LogP contribution in [-0.2, 0) is 23.8 Å².